The van der Waals surface area contributed by atoms with E-state index >= 15 is 0 Å². The smallest absolute Gasteiger partial charge is 0.230 e. The summed E-state index contributed by atoms with van der Waals surface area (Å²) in [6.07, 6.45) is 3.34. The second-order valence-corrected chi connectivity index (χ2v) is 7.19. The minimum Gasteiger partial charge on any atom is -0.361 e. The zero-order valence-corrected chi connectivity index (χ0v) is 16.3. The lowest BCUT2D eigenvalue weighted by molar-refractivity contribution is -0.118. The number of halogens is 1. The van der Waals surface area contributed by atoms with E-state index in [4.69, 9.17) is 4.52 Å². The Kier molecular flexibility index (Phi) is 5.95. The number of aryl methyl sites for hydroxylation is 3. The van der Waals surface area contributed by atoms with E-state index in [1.807, 2.05) is 20.8 Å². The fourth-order valence-corrected chi connectivity index (χ4v) is 3.70. The molecular formula is C19H21FN4O2S. The predicted molar refractivity (Wildman–Crippen MR) is 102 cm³/mol. The number of nitrogens with one attached hydrogen (secondary N) is 1. The van der Waals surface area contributed by atoms with Crippen molar-refractivity contribution in [3.8, 4) is 5.69 Å². The second kappa shape index (κ2) is 8.39. The van der Waals surface area contributed by atoms with Gasteiger partial charge in [-0.3, -0.25) is 4.79 Å². The average Bonchev–Trinajstić information content (AvgIpc) is 3.20. The number of carbonyl (C=O) groups is 1. The van der Waals surface area contributed by atoms with Crippen LogP contribution in [0.3, 0.4) is 0 Å². The Morgan fingerprint density at radius 2 is 2.15 bits per heavy atom. The molecule has 6 nitrogen and oxygen atoms in total. The van der Waals surface area contributed by atoms with Gasteiger partial charge in [-0.05, 0) is 38.5 Å². The molecule has 1 aromatic carbocycles. The first-order valence-corrected chi connectivity index (χ1v) is 9.66. The third-order valence-electron chi connectivity index (χ3n) is 4.25. The van der Waals surface area contributed by atoms with E-state index in [-0.39, 0.29) is 18.3 Å². The summed E-state index contributed by atoms with van der Waals surface area (Å²) in [5.74, 6) is 2.04. The number of carbonyl (C=O) groups excluding carboxylic acids is 1. The summed E-state index contributed by atoms with van der Waals surface area (Å²) in [6.45, 7) is 5.84. The van der Waals surface area contributed by atoms with Gasteiger partial charge < -0.3 is 14.4 Å². The maximum absolute atomic E-state index is 14.4. The van der Waals surface area contributed by atoms with Gasteiger partial charge in [0.1, 0.15) is 17.4 Å². The maximum atomic E-state index is 14.4. The maximum Gasteiger partial charge on any atom is 0.230 e. The van der Waals surface area contributed by atoms with Crippen molar-refractivity contribution in [2.75, 3.05) is 5.75 Å². The molecule has 0 unspecified atom stereocenters. The Morgan fingerprint density at radius 3 is 2.78 bits per heavy atom. The summed E-state index contributed by atoms with van der Waals surface area (Å²) in [7, 11) is 0. The van der Waals surface area contributed by atoms with Crippen molar-refractivity contribution in [1.29, 1.82) is 0 Å². The van der Waals surface area contributed by atoms with Gasteiger partial charge in [0, 0.05) is 30.3 Å². The normalized spacial score (nSPS) is 11.0. The molecule has 27 heavy (non-hydrogen) atoms. The van der Waals surface area contributed by atoms with Gasteiger partial charge in [-0.2, -0.15) is 0 Å². The number of benzene rings is 1. The summed E-state index contributed by atoms with van der Waals surface area (Å²) in [5, 5.41) is 6.72. The van der Waals surface area contributed by atoms with E-state index in [1.165, 1.54) is 17.8 Å². The fraction of sp³-hybridized carbons (Fsp3) is 0.316. The van der Waals surface area contributed by atoms with Crippen LogP contribution in [-0.4, -0.2) is 26.4 Å². The van der Waals surface area contributed by atoms with Crippen LogP contribution < -0.4 is 5.32 Å². The first-order chi connectivity index (χ1) is 13.0. The number of amides is 1. The number of hydrogen-bond acceptors (Lipinski definition) is 5. The number of nitrogens with zero attached hydrogens (tertiary/aromatic N) is 3. The molecule has 0 spiro atoms. The van der Waals surface area contributed by atoms with Crippen LogP contribution in [0.1, 0.15) is 28.4 Å². The van der Waals surface area contributed by atoms with Crippen LogP contribution in [0, 0.1) is 26.6 Å². The van der Waals surface area contributed by atoms with Crippen molar-refractivity contribution in [3.63, 3.8) is 0 Å². The topological polar surface area (TPSA) is 73.0 Å². The van der Waals surface area contributed by atoms with Crippen molar-refractivity contribution in [1.82, 2.24) is 20.0 Å². The summed E-state index contributed by atoms with van der Waals surface area (Å²) >= 11 is 1.49. The number of aromatic nitrogens is 3. The minimum atomic E-state index is -0.351. The monoisotopic (exact) mass is 388 g/mol. The molecule has 1 amide bonds. The molecule has 8 heteroatoms. The molecule has 0 atom stereocenters. The standard InChI is InChI=1S/C19H21FN4O2S/c1-12-16(13(2)26-23-12)10-27-11-19(25)22-9-15-4-5-18(17(20)8-15)24-7-6-21-14(24)3/h4-8H,9-11H2,1-3H3,(H,22,25). The Morgan fingerprint density at radius 1 is 1.33 bits per heavy atom. The first kappa shape index (κ1) is 19.2. The highest BCUT2D eigenvalue weighted by Crippen LogP contribution is 2.19. The van der Waals surface area contributed by atoms with Gasteiger partial charge >= 0.3 is 0 Å². The second-order valence-electron chi connectivity index (χ2n) is 6.20. The predicted octanol–water partition coefficient (Wildman–Crippen LogP) is 3.47. The van der Waals surface area contributed by atoms with E-state index in [2.05, 4.69) is 15.5 Å². The molecule has 0 fully saturated rings. The summed E-state index contributed by atoms with van der Waals surface area (Å²) in [4.78, 5) is 16.1. The first-order valence-electron chi connectivity index (χ1n) is 8.50. The van der Waals surface area contributed by atoms with Gasteiger partial charge in [-0.1, -0.05) is 11.2 Å². The fourth-order valence-electron chi connectivity index (χ4n) is 2.69. The molecule has 1 N–H and O–H groups in total. The molecule has 2 heterocycles. The highest BCUT2D eigenvalue weighted by molar-refractivity contribution is 7.99. The number of thioether (sulfide) groups is 1. The molecule has 142 valence electrons. The van der Waals surface area contributed by atoms with Crippen LogP contribution >= 0.6 is 11.8 Å². The van der Waals surface area contributed by atoms with E-state index in [9.17, 15) is 9.18 Å². The van der Waals surface area contributed by atoms with E-state index in [0.717, 1.165) is 17.0 Å². The molecule has 3 aromatic rings. The lowest BCUT2D eigenvalue weighted by Crippen LogP contribution is -2.24. The third kappa shape index (κ3) is 4.57. The highest BCUT2D eigenvalue weighted by atomic mass is 32.2. The Balaban J connectivity index is 1.50. The molecule has 0 bridgehead atoms. The number of imidazole rings is 1. The summed E-state index contributed by atoms with van der Waals surface area (Å²) in [6, 6.07) is 4.93. The van der Waals surface area contributed by atoms with Crippen molar-refractivity contribution in [2.24, 2.45) is 0 Å². The van der Waals surface area contributed by atoms with Gasteiger partial charge in [0.05, 0.1) is 17.1 Å². The average molecular weight is 388 g/mol. The largest absolute Gasteiger partial charge is 0.361 e. The zero-order chi connectivity index (χ0) is 19.4. The zero-order valence-electron chi connectivity index (χ0n) is 15.5. The third-order valence-corrected chi connectivity index (χ3v) is 5.21. The lowest BCUT2D eigenvalue weighted by atomic mass is 10.2. The molecule has 0 aliphatic rings. The highest BCUT2D eigenvalue weighted by Gasteiger charge is 2.11. The van der Waals surface area contributed by atoms with Crippen LogP contribution in [-0.2, 0) is 17.1 Å². The van der Waals surface area contributed by atoms with Crippen molar-refractivity contribution < 1.29 is 13.7 Å². The van der Waals surface area contributed by atoms with Gasteiger partial charge in [-0.25, -0.2) is 9.37 Å². The van der Waals surface area contributed by atoms with Crippen molar-refractivity contribution >= 4 is 17.7 Å². The number of hydrogen-bond donors (Lipinski definition) is 1. The van der Waals surface area contributed by atoms with E-state index in [0.29, 0.717) is 28.6 Å². The molecule has 0 radical (unpaired) electrons. The van der Waals surface area contributed by atoms with Crippen LogP contribution in [0.4, 0.5) is 4.39 Å². The Hall–Kier alpha value is -2.61. The molecular weight excluding hydrogens is 367 g/mol. The SMILES string of the molecule is Cc1noc(C)c1CSCC(=O)NCc1ccc(-n2ccnc2C)c(F)c1. The minimum absolute atomic E-state index is 0.0956. The molecule has 0 saturated carbocycles. The summed E-state index contributed by atoms with van der Waals surface area (Å²) in [5.41, 5.74) is 3.03. The van der Waals surface area contributed by atoms with Crippen LogP contribution in [0.15, 0.2) is 35.1 Å². The van der Waals surface area contributed by atoms with Gasteiger partial charge in [0.2, 0.25) is 5.91 Å². The quantitative estimate of drug-likeness (QED) is 0.671. The Labute approximate surface area is 161 Å². The van der Waals surface area contributed by atoms with E-state index < -0.39 is 0 Å². The van der Waals surface area contributed by atoms with Crippen LogP contribution in [0.25, 0.3) is 5.69 Å². The molecule has 0 saturated heterocycles. The van der Waals surface area contributed by atoms with Crippen LogP contribution in [0.2, 0.25) is 0 Å². The molecule has 0 aliphatic heterocycles. The van der Waals surface area contributed by atoms with E-state index in [1.54, 1.807) is 29.1 Å². The lowest BCUT2D eigenvalue weighted by Gasteiger charge is -2.09. The van der Waals surface area contributed by atoms with Gasteiger partial charge in [0.25, 0.3) is 0 Å². The summed E-state index contributed by atoms with van der Waals surface area (Å²) < 4.78 is 21.2. The van der Waals surface area contributed by atoms with Crippen molar-refractivity contribution in [2.45, 2.75) is 33.1 Å². The molecule has 2 aromatic heterocycles. The van der Waals surface area contributed by atoms with Gasteiger partial charge in [-0.15, -0.1) is 11.8 Å². The molecule has 3 rings (SSSR count). The Bertz CT molecular complexity index is 932. The van der Waals surface area contributed by atoms with Gasteiger partial charge in [0.15, 0.2) is 0 Å². The van der Waals surface area contributed by atoms with Crippen LogP contribution in [0.5, 0.6) is 0 Å². The number of rotatable bonds is 7. The van der Waals surface area contributed by atoms with Crippen molar-refractivity contribution in [3.05, 3.63) is 64.8 Å². The molecule has 0 aliphatic carbocycles.